The number of fused-ring (bicyclic) bond motifs is 1. The van der Waals surface area contributed by atoms with Gasteiger partial charge in [0, 0.05) is 5.56 Å². The molecule has 3 aromatic carbocycles. The molecular weight excluding hydrogens is 428 g/mol. The molecule has 2 heterocycles. The van der Waals surface area contributed by atoms with Gasteiger partial charge < -0.3 is 23.7 Å². The monoisotopic (exact) mass is 456 g/mol. The van der Waals surface area contributed by atoms with Crippen LogP contribution in [-0.4, -0.2) is 31.2 Å². The van der Waals surface area contributed by atoms with Crippen LogP contribution in [0.5, 0.6) is 0 Å². The Morgan fingerprint density at radius 2 is 1.41 bits per heavy atom. The number of hydrogen-bond acceptors (Lipinski definition) is 5. The molecule has 34 heavy (non-hydrogen) atoms. The van der Waals surface area contributed by atoms with Gasteiger partial charge in [0.15, 0.2) is 6.29 Å². The van der Waals surface area contributed by atoms with Crippen molar-refractivity contribution < 1.29 is 23.7 Å². The second-order valence-electron chi connectivity index (χ2n) is 8.51. The molecule has 0 N–H and O–H groups in total. The predicted octanol–water partition coefficient (Wildman–Crippen LogP) is 4.81. The van der Waals surface area contributed by atoms with Gasteiger partial charge >= 0.3 is 0 Å². The van der Waals surface area contributed by atoms with Gasteiger partial charge in [-0.1, -0.05) is 91.0 Å². The maximum absolute atomic E-state index is 6.53. The van der Waals surface area contributed by atoms with Crippen LogP contribution >= 0.6 is 0 Å². The van der Waals surface area contributed by atoms with Gasteiger partial charge in [-0.3, -0.25) is 0 Å². The van der Waals surface area contributed by atoms with E-state index in [1.54, 1.807) is 0 Å². The van der Waals surface area contributed by atoms with Crippen LogP contribution in [0.3, 0.4) is 0 Å². The third kappa shape index (κ3) is 4.92. The first-order valence-corrected chi connectivity index (χ1v) is 11.5. The fraction of sp³-hybridized carbons (Fsp3) is 0.310. The lowest BCUT2D eigenvalue weighted by Gasteiger charge is -2.30. The lowest BCUT2D eigenvalue weighted by Crippen LogP contribution is -2.39. The van der Waals surface area contributed by atoms with Crippen molar-refractivity contribution in [3.8, 4) is 12.3 Å². The Kier molecular flexibility index (Phi) is 7.05. The van der Waals surface area contributed by atoms with Crippen molar-refractivity contribution in [3.05, 3.63) is 108 Å². The van der Waals surface area contributed by atoms with E-state index in [2.05, 4.69) is 5.92 Å². The van der Waals surface area contributed by atoms with E-state index in [9.17, 15) is 0 Å². The lowest BCUT2D eigenvalue weighted by molar-refractivity contribution is -0.246. The van der Waals surface area contributed by atoms with E-state index in [4.69, 9.17) is 30.1 Å². The number of terminal acetylenes is 1. The minimum atomic E-state index is -1.06. The maximum Gasteiger partial charge on any atom is 0.209 e. The summed E-state index contributed by atoms with van der Waals surface area (Å²) < 4.78 is 31.5. The molecule has 0 radical (unpaired) electrons. The molecule has 2 saturated heterocycles. The molecule has 0 saturated carbocycles. The summed E-state index contributed by atoms with van der Waals surface area (Å²) in [6.45, 7) is 1.29. The molecule has 5 heteroatoms. The fourth-order valence-electron chi connectivity index (χ4n) is 4.46. The van der Waals surface area contributed by atoms with Crippen LogP contribution < -0.4 is 0 Å². The van der Waals surface area contributed by atoms with Crippen molar-refractivity contribution in [1.82, 2.24) is 0 Å². The Morgan fingerprint density at radius 1 is 0.794 bits per heavy atom. The second-order valence-corrected chi connectivity index (χ2v) is 8.51. The average Bonchev–Trinajstić information content (AvgIpc) is 3.39. The molecule has 2 aliphatic rings. The van der Waals surface area contributed by atoms with E-state index in [1.165, 1.54) is 0 Å². The summed E-state index contributed by atoms with van der Waals surface area (Å²) in [6, 6.07) is 29.9. The molecule has 0 amide bonds. The summed E-state index contributed by atoms with van der Waals surface area (Å²) >= 11 is 0. The first-order valence-electron chi connectivity index (χ1n) is 11.5. The summed E-state index contributed by atoms with van der Waals surface area (Å²) in [5, 5.41) is 0. The smallest absolute Gasteiger partial charge is 0.209 e. The molecule has 3 aromatic rings. The first kappa shape index (κ1) is 22.8. The third-order valence-electron chi connectivity index (χ3n) is 6.13. The van der Waals surface area contributed by atoms with E-state index in [-0.39, 0.29) is 18.6 Å². The Bertz CT molecular complexity index is 1080. The number of ether oxygens (including phenoxy) is 5. The highest BCUT2D eigenvalue weighted by Crippen LogP contribution is 2.46. The van der Waals surface area contributed by atoms with E-state index in [1.807, 2.05) is 91.0 Å². The molecule has 0 aromatic heterocycles. The van der Waals surface area contributed by atoms with Crippen molar-refractivity contribution in [3.63, 3.8) is 0 Å². The zero-order chi connectivity index (χ0) is 23.2. The zero-order valence-corrected chi connectivity index (χ0v) is 18.9. The van der Waals surface area contributed by atoms with Gasteiger partial charge in [0.2, 0.25) is 5.79 Å². The second kappa shape index (κ2) is 10.5. The fourth-order valence-corrected chi connectivity index (χ4v) is 4.46. The van der Waals surface area contributed by atoms with Crippen LogP contribution in [0, 0.1) is 12.3 Å². The number of rotatable bonds is 9. The highest BCUT2D eigenvalue weighted by Gasteiger charge is 2.58. The molecule has 174 valence electrons. The lowest BCUT2D eigenvalue weighted by atomic mass is 10.0. The van der Waals surface area contributed by atoms with Crippen molar-refractivity contribution in [2.75, 3.05) is 6.61 Å². The summed E-state index contributed by atoms with van der Waals surface area (Å²) in [4.78, 5) is 0. The van der Waals surface area contributed by atoms with E-state index in [0.29, 0.717) is 19.8 Å². The number of benzene rings is 3. The van der Waals surface area contributed by atoms with Gasteiger partial charge in [0.05, 0.1) is 26.2 Å². The van der Waals surface area contributed by atoms with E-state index in [0.717, 1.165) is 16.7 Å². The molecule has 2 fully saturated rings. The van der Waals surface area contributed by atoms with E-state index < -0.39 is 18.2 Å². The molecule has 0 spiro atoms. The zero-order valence-electron chi connectivity index (χ0n) is 18.9. The molecule has 5 atom stereocenters. The van der Waals surface area contributed by atoms with Crippen molar-refractivity contribution in [2.45, 2.75) is 50.0 Å². The summed E-state index contributed by atoms with van der Waals surface area (Å²) in [5.74, 6) is 1.64. The van der Waals surface area contributed by atoms with Crippen LogP contribution in [0.2, 0.25) is 0 Å². The predicted molar refractivity (Wildman–Crippen MR) is 127 cm³/mol. The SMILES string of the molecule is C#CCC1(c2ccccc2)O[C@H]2O[C@H](COCc3ccccc3)[C@@H](OCc3ccccc3)[C@H]2O1. The summed E-state index contributed by atoms with van der Waals surface area (Å²) in [6.07, 6.45) is 4.24. The Morgan fingerprint density at radius 3 is 2.06 bits per heavy atom. The molecule has 5 nitrogen and oxygen atoms in total. The van der Waals surface area contributed by atoms with Gasteiger partial charge in [-0.2, -0.15) is 0 Å². The molecule has 5 rings (SSSR count). The van der Waals surface area contributed by atoms with E-state index >= 15 is 0 Å². The van der Waals surface area contributed by atoms with Gasteiger partial charge in [0.1, 0.15) is 18.3 Å². The molecule has 0 aliphatic carbocycles. The van der Waals surface area contributed by atoms with Crippen molar-refractivity contribution in [1.29, 1.82) is 0 Å². The van der Waals surface area contributed by atoms with Crippen LogP contribution in [0.25, 0.3) is 0 Å². The topological polar surface area (TPSA) is 46.2 Å². The van der Waals surface area contributed by atoms with Gasteiger partial charge in [-0.15, -0.1) is 12.3 Å². The first-order chi connectivity index (χ1) is 16.8. The third-order valence-corrected chi connectivity index (χ3v) is 6.13. The highest BCUT2D eigenvalue weighted by molar-refractivity contribution is 5.24. The molecule has 1 unspecified atom stereocenters. The van der Waals surface area contributed by atoms with Crippen LogP contribution in [-0.2, 0) is 42.7 Å². The normalized spacial score (nSPS) is 27.9. The molecule has 0 bridgehead atoms. The summed E-state index contributed by atoms with van der Waals surface area (Å²) in [7, 11) is 0. The largest absolute Gasteiger partial charge is 0.374 e. The van der Waals surface area contributed by atoms with Gasteiger partial charge in [-0.05, 0) is 11.1 Å². The Hall–Kier alpha value is -2.98. The van der Waals surface area contributed by atoms with Gasteiger partial charge in [0.25, 0.3) is 0 Å². The van der Waals surface area contributed by atoms with Crippen LogP contribution in [0.1, 0.15) is 23.1 Å². The van der Waals surface area contributed by atoms with Crippen molar-refractivity contribution >= 4 is 0 Å². The quantitative estimate of drug-likeness (QED) is 0.433. The molecular formula is C29H28O5. The Labute approximate surface area is 200 Å². The number of hydrogen-bond donors (Lipinski definition) is 0. The van der Waals surface area contributed by atoms with Crippen LogP contribution in [0.4, 0.5) is 0 Å². The highest BCUT2D eigenvalue weighted by atomic mass is 16.8. The van der Waals surface area contributed by atoms with Crippen molar-refractivity contribution in [2.24, 2.45) is 0 Å². The average molecular weight is 457 g/mol. The van der Waals surface area contributed by atoms with Gasteiger partial charge in [-0.25, -0.2) is 0 Å². The molecule has 2 aliphatic heterocycles. The van der Waals surface area contributed by atoms with Crippen LogP contribution in [0.15, 0.2) is 91.0 Å². The Balaban J connectivity index is 1.32. The minimum absolute atomic E-state index is 0.272. The maximum atomic E-state index is 6.53. The standard InChI is InChI=1S/C29H28O5/c1-2-18-29(24-16-10-5-11-17-24)33-27-26(31-20-23-14-8-4-9-15-23)25(32-28(27)34-29)21-30-19-22-12-6-3-7-13-22/h1,3-17,25-28H,18-21H2/t25-,26-,27-,28-,29?/m1/s1. The minimum Gasteiger partial charge on any atom is -0.374 e. The summed E-state index contributed by atoms with van der Waals surface area (Å²) in [5.41, 5.74) is 3.04.